The average molecular weight is 532 g/mol. The summed E-state index contributed by atoms with van der Waals surface area (Å²) in [6.45, 7) is 4.28. The van der Waals surface area contributed by atoms with Gasteiger partial charge < -0.3 is 20.1 Å². The standard InChI is InChI=1S/C29H27F2N5OS/c1-18-16-22(19(2)36(18)21-9-7-8-20(30)17-21)28-27(25-12-5-6-14-32-25)34-29(38)35(28)15-13-26(37)33-24-11-4-3-10-23(24)31/h3-12,14,16-17,27-28H,13,15H2,1-2H3,(H,33,37)(H,34,38). The molecule has 6 nitrogen and oxygen atoms in total. The summed E-state index contributed by atoms with van der Waals surface area (Å²) < 4.78 is 30.1. The Hall–Kier alpha value is -4.11. The number of thiocarbonyl (C=S) groups is 1. The zero-order chi connectivity index (χ0) is 26.8. The summed E-state index contributed by atoms with van der Waals surface area (Å²) in [5.74, 6) is -1.12. The fourth-order valence-electron chi connectivity index (χ4n) is 5.08. The molecule has 3 heterocycles. The second-order valence-electron chi connectivity index (χ2n) is 9.24. The number of aryl methyl sites for hydroxylation is 1. The number of aromatic nitrogens is 2. The van der Waals surface area contributed by atoms with Crippen molar-refractivity contribution in [2.24, 2.45) is 0 Å². The van der Waals surface area contributed by atoms with Crippen molar-refractivity contribution in [2.45, 2.75) is 32.4 Å². The third-order valence-corrected chi connectivity index (χ3v) is 7.13. The van der Waals surface area contributed by atoms with E-state index in [1.165, 1.54) is 24.3 Å². The van der Waals surface area contributed by atoms with E-state index < -0.39 is 5.82 Å². The van der Waals surface area contributed by atoms with Crippen LogP contribution in [-0.2, 0) is 4.79 Å². The SMILES string of the molecule is Cc1cc(C2C(c3ccccn3)NC(=S)N2CCC(=O)Nc2ccccc2F)c(C)n1-c1cccc(F)c1. The molecule has 5 rings (SSSR count). The first-order valence-electron chi connectivity index (χ1n) is 12.3. The molecule has 2 aromatic heterocycles. The molecule has 0 radical (unpaired) electrons. The van der Waals surface area contributed by atoms with Gasteiger partial charge in [-0.2, -0.15) is 0 Å². The topological polar surface area (TPSA) is 62.2 Å². The smallest absolute Gasteiger partial charge is 0.226 e. The predicted molar refractivity (Wildman–Crippen MR) is 147 cm³/mol. The minimum Gasteiger partial charge on any atom is -0.352 e. The quantitative estimate of drug-likeness (QED) is 0.297. The number of halogens is 2. The van der Waals surface area contributed by atoms with Crippen LogP contribution < -0.4 is 10.6 Å². The first kappa shape index (κ1) is 25.5. The number of carbonyl (C=O) groups excluding carboxylic acids is 1. The molecule has 38 heavy (non-hydrogen) atoms. The third-order valence-electron chi connectivity index (χ3n) is 6.78. The van der Waals surface area contributed by atoms with Crippen molar-refractivity contribution >= 4 is 28.9 Å². The highest BCUT2D eigenvalue weighted by molar-refractivity contribution is 7.80. The molecule has 2 unspecified atom stereocenters. The van der Waals surface area contributed by atoms with Gasteiger partial charge in [0.1, 0.15) is 11.6 Å². The number of nitrogens with zero attached hydrogens (tertiary/aromatic N) is 3. The van der Waals surface area contributed by atoms with Gasteiger partial charge in [-0.1, -0.05) is 24.3 Å². The monoisotopic (exact) mass is 531 g/mol. The first-order valence-corrected chi connectivity index (χ1v) is 12.7. The maximum absolute atomic E-state index is 14.1. The van der Waals surface area contributed by atoms with E-state index in [0.29, 0.717) is 11.7 Å². The molecular weight excluding hydrogens is 504 g/mol. The Balaban J connectivity index is 1.48. The van der Waals surface area contributed by atoms with Gasteiger partial charge in [0.25, 0.3) is 0 Å². The second kappa shape index (κ2) is 10.7. The zero-order valence-corrected chi connectivity index (χ0v) is 21.8. The van der Waals surface area contributed by atoms with E-state index in [4.69, 9.17) is 12.2 Å². The number of benzene rings is 2. The number of para-hydroxylation sites is 1. The Morgan fingerprint density at radius 2 is 1.84 bits per heavy atom. The van der Waals surface area contributed by atoms with Gasteiger partial charge in [0.15, 0.2) is 5.11 Å². The molecule has 0 saturated carbocycles. The molecule has 9 heteroatoms. The largest absolute Gasteiger partial charge is 0.352 e. The van der Waals surface area contributed by atoms with Crippen LogP contribution in [0.1, 0.15) is 41.1 Å². The lowest BCUT2D eigenvalue weighted by Crippen LogP contribution is -2.33. The van der Waals surface area contributed by atoms with Gasteiger partial charge in [-0.05, 0) is 80.2 Å². The van der Waals surface area contributed by atoms with Gasteiger partial charge in [-0.25, -0.2) is 8.78 Å². The molecule has 1 aliphatic heterocycles. The number of rotatable bonds is 7. The Morgan fingerprint density at radius 3 is 2.58 bits per heavy atom. The average Bonchev–Trinajstić information content (AvgIpc) is 3.39. The van der Waals surface area contributed by atoms with Crippen LogP contribution in [0.3, 0.4) is 0 Å². The van der Waals surface area contributed by atoms with Crippen LogP contribution in [0.15, 0.2) is 79.0 Å². The molecule has 0 aliphatic carbocycles. The van der Waals surface area contributed by atoms with Crippen LogP contribution in [0, 0.1) is 25.5 Å². The maximum Gasteiger partial charge on any atom is 0.226 e. The van der Waals surface area contributed by atoms with E-state index in [1.54, 1.807) is 24.4 Å². The number of anilines is 1. The Bertz CT molecular complexity index is 1490. The zero-order valence-electron chi connectivity index (χ0n) is 21.0. The molecule has 194 valence electrons. The Labute approximate surface area is 225 Å². The molecule has 4 aromatic rings. The lowest BCUT2D eigenvalue weighted by molar-refractivity contribution is -0.116. The minimum absolute atomic E-state index is 0.101. The fraction of sp³-hybridized carbons (Fsp3) is 0.207. The summed E-state index contributed by atoms with van der Waals surface area (Å²) in [6.07, 6.45) is 1.84. The third kappa shape index (κ3) is 5.02. The van der Waals surface area contributed by atoms with Crippen LogP contribution in [0.2, 0.25) is 0 Å². The minimum atomic E-state index is -0.489. The van der Waals surface area contributed by atoms with Gasteiger partial charge in [-0.15, -0.1) is 0 Å². The van der Waals surface area contributed by atoms with Crippen molar-refractivity contribution in [3.63, 3.8) is 0 Å². The van der Waals surface area contributed by atoms with Gasteiger partial charge in [0.05, 0.1) is 23.5 Å². The predicted octanol–water partition coefficient (Wildman–Crippen LogP) is 5.77. The normalized spacial score (nSPS) is 16.9. The van der Waals surface area contributed by atoms with Gasteiger partial charge in [0.2, 0.25) is 5.91 Å². The number of hydrogen-bond acceptors (Lipinski definition) is 3. The van der Waals surface area contributed by atoms with E-state index in [9.17, 15) is 13.6 Å². The Morgan fingerprint density at radius 1 is 1.05 bits per heavy atom. The molecule has 0 spiro atoms. The number of nitrogens with one attached hydrogen (secondary N) is 2. The molecule has 0 bridgehead atoms. The maximum atomic E-state index is 14.1. The summed E-state index contributed by atoms with van der Waals surface area (Å²) in [6, 6.07) is 19.8. The summed E-state index contributed by atoms with van der Waals surface area (Å²) in [5, 5.41) is 6.53. The number of carbonyl (C=O) groups is 1. The van der Waals surface area contributed by atoms with Gasteiger partial charge in [0, 0.05) is 36.2 Å². The van der Waals surface area contributed by atoms with Crippen molar-refractivity contribution in [1.82, 2.24) is 19.8 Å². The number of pyridine rings is 1. The highest BCUT2D eigenvalue weighted by Gasteiger charge is 2.41. The molecule has 1 fully saturated rings. The Kier molecular flexibility index (Phi) is 7.20. The van der Waals surface area contributed by atoms with E-state index in [1.807, 2.05) is 47.6 Å². The molecule has 2 atom stereocenters. The molecule has 2 aromatic carbocycles. The van der Waals surface area contributed by atoms with Crippen molar-refractivity contribution in [2.75, 3.05) is 11.9 Å². The number of hydrogen-bond donors (Lipinski definition) is 2. The molecule has 2 N–H and O–H groups in total. The van der Waals surface area contributed by atoms with Crippen LogP contribution >= 0.6 is 12.2 Å². The lowest BCUT2D eigenvalue weighted by atomic mass is 9.96. The van der Waals surface area contributed by atoms with Crippen LogP contribution in [-0.4, -0.2) is 32.0 Å². The van der Waals surface area contributed by atoms with Crippen molar-refractivity contribution in [3.05, 3.63) is 113 Å². The molecule has 1 saturated heterocycles. The summed E-state index contributed by atoms with van der Waals surface area (Å²) in [5.41, 5.74) is 4.55. The molecular formula is C29H27F2N5OS. The molecule has 1 amide bonds. The van der Waals surface area contributed by atoms with Gasteiger partial charge >= 0.3 is 0 Å². The highest BCUT2D eigenvalue weighted by atomic mass is 32.1. The van der Waals surface area contributed by atoms with Crippen molar-refractivity contribution in [3.8, 4) is 5.69 Å². The summed E-state index contributed by atoms with van der Waals surface area (Å²) in [4.78, 5) is 19.3. The second-order valence-corrected chi connectivity index (χ2v) is 9.63. The van der Waals surface area contributed by atoms with Crippen LogP contribution in [0.4, 0.5) is 14.5 Å². The summed E-state index contributed by atoms with van der Waals surface area (Å²) in [7, 11) is 0. The van der Waals surface area contributed by atoms with Crippen molar-refractivity contribution < 1.29 is 13.6 Å². The lowest BCUT2D eigenvalue weighted by Gasteiger charge is -2.28. The molecule has 1 aliphatic rings. The van der Waals surface area contributed by atoms with Crippen LogP contribution in [0.5, 0.6) is 0 Å². The number of amides is 1. The van der Waals surface area contributed by atoms with Crippen LogP contribution in [0.25, 0.3) is 5.69 Å². The highest BCUT2D eigenvalue weighted by Crippen LogP contribution is 2.41. The van der Waals surface area contributed by atoms with E-state index >= 15 is 0 Å². The van der Waals surface area contributed by atoms with E-state index in [2.05, 4.69) is 21.7 Å². The van der Waals surface area contributed by atoms with Crippen molar-refractivity contribution in [1.29, 1.82) is 0 Å². The van der Waals surface area contributed by atoms with Gasteiger partial charge in [-0.3, -0.25) is 9.78 Å². The summed E-state index contributed by atoms with van der Waals surface area (Å²) >= 11 is 5.73. The van der Waals surface area contributed by atoms with E-state index in [-0.39, 0.29) is 35.9 Å². The fourth-order valence-corrected chi connectivity index (χ4v) is 5.41. The van der Waals surface area contributed by atoms with E-state index in [0.717, 1.165) is 28.3 Å². The first-order chi connectivity index (χ1) is 18.3.